The fourth-order valence-corrected chi connectivity index (χ4v) is 2.63. The molecule has 2 rings (SSSR count). The molecule has 2 heterocycles. The van der Waals surface area contributed by atoms with E-state index in [2.05, 4.69) is 57.7 Å². The first-order chi connectivity index (χ1) is 8.14. The van der Waals surface area contributed by atoms with Crippen LogP contribution in [0.4, 0.5) is 0 Å². The average molecular weight is 262 g/mol. The predicted molar refractivity (Wildman–Crippen MR) is 73.0 cm³/mol. The monoisotopic (exact) mass is 262 g/mol. The van der Waals surface area contributed by atoms with Gasteiger partial charge < -0.3 is 0 Å². The first kappa shape index (κ1) is 13.0. The molecule has 2 aromatic heterocycles. The van der Waals surface area contributed by atoms with Crippen LogP contribution in [0, 0.1) is 11.3 Å². The fraction of sp³-hybridized carbons (Fsp3) is 0.615. The molecule has 0 N–H and O–H groups in total. The smallest absolute Gasteiger partial charge is 0.213 e. The zero-order chi connectivity index (χ0) is 13.7. The lowest BCUT2D eigenvalue weighted by Gasteiger charge is -2.15. The third-order valence-electron chi connectivity index (χ3n) is 2.66. The highest BCUT2D eigenvalue weighted by Gasteiger charge is 2.28. The third-order valence-corrected chi connectivity index (χ3v) is 4.00. The Labute approximate surface area is 111 Å². The van der Waals surface area contributed by atoms with E-state index in [9.17, 15) is 5.26 Å². The molecule has 0 atom stereocenters. The molecule has 0 aliphatic rings. The van der Waals surface area contributed by atoms with E-state index in [4.69, 9.17) is 0 Å². The molecule has 2 aromatic rings. The van der Waals surface area contributed by atoms with Gasteiger partial charge in [0.15, 0.2) is 5.69 Å². The molecule has 0 aliphatic carbocycles. The molecule has 0 saturated heterocycles. The number of hydrogen-bond donors (Lipinski definition) is 0. The average Bonchev–Trinajstić information content (AvgIpc) is 2.69. The van der Waals surface area contributed by atoms with Crippen molar-refractivity contribution in [2.45, 2.75) is 52.4 Å². The molecule has 0 aromatic carbocycles. The molecule has 0 bridgehead atoms. The first-order valence-corrected chi connectivity index (χ1v) is 6.77. The van der Waals surface area contributed by atoms with Crippen molar-refractivity contribution in [3.8, 4) is 6.07 Å². The van der Waals surface area contributed by atoms with E-state index in [1.807, 2.05) is 0 Å². The van der Waals surface area contributed by atoms with Gasteiger partial charge in [0, 0.05) is 10.8 Å². The first-order valence-electron chi connectivity index (χ1n) is 5.95. The van der Waals surface area contributed by atoms with Crippen molar-refractivity contribution >= 4 is 16.3 Å². The summed E-state index contributed by atoms with van der Waals surface area (Å²) in [5, 5.41) is 14.9. The van der Waals surface area contributed by atoms with Gasteiger partial charge in [0.1, 0.15) is 11.1 Å². The van der Waals surface area contributed by atoms with E-state index < -0.39 is 0 Å². The summed E-state index contributed by atoms with van der Waals surface area (Å²) in [6.45, 7) is 12.5. The van der Waals surface area contributed by atoms with Crippen molar-refractivity contribution in [1.82, 2.24) is 14.6 Å². The van der Waals surface area contributed by atoms with Gasteiger partial charge in [-0.15, -0.1) is 0 Å². The van der Waals surface area contributed by atoms with Crippen LogP contribution in [0.25, 0.3) is 4.96 Å². The summed E-state index contributed by atoms with van der Waals surface area (Å²) in [5.74, 6) is 0. The van der Waals surface area contributed by atoms with E-state index in [1.165, 1.54) is 0 Å². The van der Waals surface area contributed by atoms with Gasteiger partial charge >= 0.3 is 0 Å². The lowest BCUT2D eigenvalue weighted by Crippen LogP contribution is -2.15. The molecule has 5 heteroatoms. The second-order valence-electron chi connectivity index (χ2n) is 6.52. The van der Waals surface area contributed by atoms with Crippen LogP contribution in [-0.4, -0.2) is 14.6 Å². The number of nitrogens with zero attached hydrogens (tertiary/aromatic N) is 4. The minimum absolute atomic E-state index is 0.0139. The molecule has 18 heavy (non-hydrogen) atoms. The third kappa shape index (κ3) is 2.01. The minimum atomic E-state index is -0.139. The van der Waals surface area contributed by atoms with Crippen molar-refractivity contribution in [2.75, 3.05) is 0 Å². The summed E-state index contributed by atoms with van der Waals surface area (Å²) in [6, 6.07) is 2.23. The number of imidazole rings is 1. The summed E-state index contributed by atoms with van der Waals surface area (Å²) in [6.07, 6.45) is 0. The quantitative estimate of drug-likeness (QED) is 0.732. The Morgan fingerprint density at radius 1 is 1.11 bits per heavy atom. The number of aromatic nitrogens is 3. The predicted octanol–water partition coefficient (Wildman–Crippen LogP) is 3.26. The number of rotatable bonds is 0. The van der Waals surface area contributed by atoms with Gasteiger partial charge in [-0.25, -0.2) is 4.98 Å². The zero-order valence-corrected chi connectivity index (χ0v) is 12.5. The van der Waals surface area contributed by atoms with Gasteiger partial charge in [-0.1, -0.05) is 52.9 Å². The number of nitriles is 1. The highest BCUT2D eigenvalue weighted by Crippen LogP contribution is 2.31. The minimum Gasteiger partial charge on any atom is -0.221 e. The van der Waals surface area contributed by atoms with Crippen molar-refractivity contribution in [2.24, 2.45) is 0 Å². The highest BCUT2D eigenvalue weighted by molar-refractivity contribution is 7.16. The van der Waals surface area contributed by atoms with Crippen LogP contribution >= 0.6 is 11.3 Å². The van der Waals surface area contributed by atoms with Crippen molar-refractivity contribution < 1.29 is 0 Å². The Kier molecular flexibility index (Phi) is 2.74. The van der Waals surface area contributed by atoms with Crippen LogP contribution < -0.4 is 0 Å². The topological polar surface area (TPSA) is 54.0 Å². The Morgan fingerprint density at radius 3 is 2.17 bits per heavy atom. The molecule has 96 valence electrons. The van der Waals surface area contributed by atoms with E-state index in [1.54, 1.807) is 15.9 Å². The van der Waals surface area contributed by atoms with Gasteiger partial charge in [0.2, 0.25) is 4.96 Å². The summed E-state index contributed by atoms with van der Waals surface area (Å²) in [4.78, 5) is 5.39. The van der Waals surface area contributed by atoms with Gasteiger partial charge in [-0.05, 0) is 0 Å². The lowest BCUT2D eigenvalue weighted by molar-refractivity contribution is 0.563. The summed E-state index contributed by atoms with van der Waals surface area (Å²) in [7, 11) is 0. The summed E-state index contributed by atoms with van der Waals surface area (Å²) >= 11 is 1.56. The summed E-state index contributed by atoms with van der Waals surface area (Å²) in [5.41, 5.74) is 1.23. The van der Waals surface area contributed by atoms with Crippen molar-refractivity contribution in [1.29, 1.82) is 5.26 Å². The Balaban J connectivity index is 2.70. The van der Waals surface area contributed by atoms with E-state index in [0.717, 1.165) is 15.7 Å². The molecule has 0 unspecified atom stereocenters. The fourth-order valence-electron chi connectivity index (χ4n) is 1.67. The molecule has 0 amide bonds. The zero-order valence-electron chi connectivity index (χ0n) is 11.7. The van der Waals surface area contributed by atoms with Crippen LogP contribution in [0.15, 0.2) is 0 Å². The largest absolute Gasteiger partial charge is 0.221 e. The molecule has 0 aliphatic heterocycles. The van der Waals surface area contributed by atoms with Crippen LogP contribution in [-0.2, 0) is 10.8 Å². The lowest BCUT2D eigenvalue weighted by atomic mass is 9.91. The molecular formula is C13H18N4S. The normalized spacial score (nSPS) is 12.9. The Hall–Kier alpha value is -1.41. The highest BCUT2D eigenvalue weighted by atomic mass is 32.1. The second kappa shape index (κ2) is 3.79. The molecule has 0 saturated carbocycles. The maximum absolute atomic E-state index is 9.33. The van der Waals surface area contributed by atoms with Crippen LogP contribution in [0.3, 0.4) is 0 Å². The van der Waals surface area contributed by atoms with E-state index >= 15 is 0 Å². The van der Waals surface area contributed by atoms with Crippen molar-refractivity contribution in [3.05, 3.63) is 16.4 Å². The SMILES string of the molecule is CC(C)(C)c1nn2c(C#N)c(C(C)(C)C)nc2s1. The molecule has 0 fully saturated rings. The van der Waals surface area contributed by atoms with Crippen LogP contribution in [0.2, 0.25) is 0 Å². The molecule has 4 nitrogen and oxygen atoms in total. The molecule has 0 radical (unpaired) electrons. The van der Waals surface area contributed by atoms with Crippen LogP contribution in [0.1, 0.15) is 57.9 Å². The van der Waals surface area contributed by atoms with E-state index in [0.29, 0.717) is 5.69 Å². The van der Waals surface area contributed by atoms with Gasteiger partial charge in [0.05, 0.1) is 5.69 Å². The van der Waals surface area contributed by atoms with Gasteiger partial charge in [-0.2, -0.15) is 14.9 Å². The van der Waals surface area contributed by atoms with Gasteiger partial charge in [-0.3, -0.25) is 0 Å². The Morgan fingerprint density at radius 2 is 1.72 bits per heavy atom. The Bertz CT molecular complexity index is 629. The maximum Gasteiger partial charge on any atom is 0.213 e. The number of fused-ring (bicyclic) bond motifs is 1. The van der Waals surface area contributed by atoms with Crippen molar-refractivity contribution in [3.63, 3.8) is 0 Å². The molecular weight excluding hydrogens is 244 g/mol. The summed E-state index contributed by atoms with van der Waals surface area (Å²) < 4.78 is 1.69. The standard InChI is InChI=1S/C13H18N4S/c1-12(2,3)9-8(7-14)17-11(15-9)18-10(16-17)13(4,5)6/h1-6H3. The number of hydrogen-bond acceptors (Lipinski definition) is 4. The second-order valence-corrected chi connectivity index (χ2v) is 7.48. The maximum atomic E-state index is 9.33. The van der Waals surface area contributed by atoms with Gasteiger partial charge in [0.25, 0.3) is 0 Å². The van der Waals surface area contributed by atoms with E-state index in [-0.39, 0.29) is 10.8 Å². The van der Waals surface area contributed by atoms with Crippen LogP contribution in [0.5, 0.6) is 0 Å². The molecule has 0 spiro atoms.